The first-order chi connectivity index (χ1) is 8.53. The topological polar surface area (TPSA) is 29.1 Å². The molecule has 0 heterocycles. The Labute approximate surface area is 115 Å². The zero-order chi connectivity index (χ0) is 13.4. The number of hydrogen-bond donors (Lipinski definition) is 1. The van der Waals surface area contributed by atoms with Crippen LogP contribution < -0.4 is 5.32 Å². The zero-order valence-corrected chi connectivity index (χ0v) is 12.0. The number of amides is 1. The second-order valence-electron chi connectivity index (χ2n) is 5.21. The minimum absolute atomic E-state index is 0.0914. The molecule has 2 nitrogen and oxygen atoms in total. The Morgan fingerprint density at radius 1 is 1.28 bits per heavy atom. The minimum atomic E-state index is -0.167. The minimum Gasteiger partial charge on any atom is -0.351 e. The van der Waals surface area contributed by atoms with Crippen molar-refractivity contribution in [2.45, 2.75) is 45.1 Å². The Balaban J connectivity index is 2.37. The molecule has 1 amide bonds. The van der Waals surface area contributed by atoms with Gasteiger partial charge in [-0.25, -0.2) is 0 Å². The molecule has 1 aromatic carbocycles. The van der Waals surface area contributed by atoms with Gasteiger partial charge in [-0.1, -0.05) is 30.3 Å². The van der Waals surface area contributed by atoms with Gasteiger partial charge in [0.25, 0.3) is 0 Å². The molecule has 0 aliphatic heterocycles. The first-order valence-electron chi connectivity index (χ1n) is 6.44. The van der Waals surface area contributed by atoms with Crippen molar-refractivity contribution in [1.82, 2.24) is 5.32 Å². The Kier molecular flexibility index (Phi) is 6.20. The summed E-state index contributed by atoms with van der Waals surface area (Å²) in [5.41, 5.74) is 1.14. The third kappa shape index (κ3) is 6.06. The molecule has 1 aromatic rings. The van der Waals surface area contributed by atoms with E-state index >= 15 is 0 Å². The fourth-order valence-electron chi connectivity index (χ4n) is 1.83. The summed E-state index contributed by atoms with van der Waals surface area (Å²) in [6.07, 6.45) is 3.16. The van der Waals surface area contributed by atoms with Crippen molar-refractivity contribution >= 4 is 17.5 Å². The van der Waals surface area contributed by atoms with Crippen molar-refractivity contribution in [3.05, 3.63) is 35.9 Å². The van der Waals surface area contributed by atoms with Crippen LogP contribution in [0.5, 0.6) is 0 Å². The zero-order valence-electron chi connectivity index (χ0n) is 11.2. The number of aryl methyl sites for hydroxylation is 1. The molecule has 0 aliphatic carbocycles. The van der Waals surface area contributed by atoms with Crippen molar-refractivity contribution in [3.63, 3.8) is 0 Å². The standard InChI is InChI=1S/C15H22ClNO/c1-15(2,17-14(18)9-6-12-16)11-10-13-7-4-3-5-8-13/h3-5,7-8H,6,9-12H2,1-2H3,(H,17,18). The normalized spacial score (nSPS) is 11.3. The number of carbonyl (C=O) groups excluding carboxylic acids is 1. The molecule has 1 rings (SSSR count). The van der Waals surface area contributed by atoms with Crippen LogP contribution in [0.3, 0.4) is 0 Å². The van der Waals surface area contributed by atoms with Gasteiger partial charge in [-0.2, -0.15) is 0 Å². The molecule has 0 radical (unpaired) electrons. The Bertz CT molecular complexity index is 362. The highest BCUT2D eigenvalue weighted by Crippen LogP contribution is 2.14. The van der Waals surface area contributed by atoms with Crippen LogP contribution in [0.25, 0.3) is 0 Å². The van der Waals surface area contributed by atoms with E-state index < -0.39 is 0 Å². The summed E-state index contributed by atoms with van der Waals surface area (Å²) in [5, 5.41) is 3.06. The van der Waals surface area contributed by atoms with Crippen LogP contribution in [-0.4, -0.2) is 17.3 Å². The lowest BCUT2D eigenvalue weighted by molar-refractivity contribution is -0.122. The van der Waals surface area contributed by atoms with Crippen LogP contribution in [0, 0.1) is 0 Å². The highest BCUT2D eigenvalue weighted by molar-refractivity contribution is 6.17. The molecule has 0 unspecified atom stereocenters. The SMILES string of the molecule is CC(C)(CCc1ccccc1)NC(=O)CCCCl. The number of rotatable bonds is 7. The lowest BCUT2D eigenvalue weighted by Gasteiger charge is -2.26. The molecule has 3 heteroatoms. The van der Waals surface area contributed by atoms with Crippen molar-refractivity contribution in [2.24, 2.45) is 0 Å². The average Bonchev–Trinajstić information content (AvgIpc) is 2.35. The quantitative estimate of drug-likeness (QED) is 0.753. The predicted octanol–water partition coefficient (Wildman–Crippen LogP) is 3.53. The summed E-state index contributed by atoms with van der Waals surface area (Å²) in [7, 11) is 0. The molecule has 1 N–H and O–H groups in total. The second kappa shape index (κ2) is 7.42. The Morgan fingerprint density at radius 3 is 2.56 bits per heavy atom. The first-order valence-corrected chi connectivity index (χ1v) is 6.98. The fraction of sp³-hybridized carbons (Fsp3) is 0.533. The van der Waals surface area contributed by atoms with Crippen LogP contribution in [0.15, 0.2) is 30.3 Å². The van der Waals surface area contributed by atoms with Gasteiger partial charge in [-0.05, 0) is 38.7 Å². The summed E-state index contributed by atoms with van der Waals surface area (Å²) in [4.78, 5) is 11.7. The van der Waals surface area contributed by atoms with Crippen molar-refractivity contribution in [3.8, 4) is 0 Å². The van der Waals surface area contributed by atoms with Crippen LogP contribution >= 0.6 is 11.6 Å². The first kappa shape index (κ1) is 15.0. The third-order valence-corrected chi connectivity index (χ3v) is 3.16. The third-order valence-electron chi connectivity index (χ3n) is 2.90. The van der Waals surface area contributed by atoms with Crippen molar-refractivity contribution in [1.29, 1.82) is 0 Å². The van der Waals surface area contributed by atoms with Crippen LogP contribution in [-0.2, 0) is 11.2 Å². The summed E-state index contributed by atoms with van der Waals surface area (Å²) in [6, 6.07) is 10.3. The fourth-order valence-corrected chi connectivity index (χ4v) is 1.96. The highest BCUT2D eigenvalue weighted by Gasteiger charge is 2.19. The lowest BCUT2D eigenvalue weighted by atomic mass is 9.95. The van der Waals surface area contributed by atoms with E-state index in [0.29, 0.717) is 12.3 Å². The monoisotopic (exact) mass is 267 g/mol. The maximum atomic E-state index is 11.7. The number of benzene rings is 1. The van der Waals surface area contributed by atoms with Gasteiger partial charge in [0.15, 0.2) is 0 Å². The molecule has 0 saturated heterocycles. The van der Waals surface area contributed by atoms with Gasteiger partial charge < -0.3 is 5.32 Å². The average molecular weight is 268 g/mol. The van der Waals surface area contributed by atoms with E-state index in [1.807, 2.05) is 18.2 Å². The van der Waals surface area contributed by atoms with Crippen molar-refractivity contribution in [2.75, 3.05) is 5.88 Å². The molecular formula is C15H22ClNO. The second-order valence-corrected chi connectivity index (χ2v) is 5.59. The number of nitrogens with one attached hydrogen (secondary N) is 1. The number of hydrogen-bond acceptors (Lipinski definition) is 1. The molecule has 0 aliphatic rings. The summed E-state index contributed by atoms with van der Waals surface area (Å²) < 4.78 is 0. The van der Waals surface area contributed by atoms with Gasteiger partial charge in [0.2, 0.25) is 5.91 Å². The largest absolute Gasteiger partial charge is 0.351 e. The summed E-state index contributed by atoms with van der Waals surface area (Å²) in [6.45, 7) is 4.13. The van der Waals surface area contributed by atoms with Gasteiger partial charge in [-0.3, -0.25) is 4.79 Å². The van der Waals surface area contributed by atoms with Crippen molar-refractivity contribution < 1.29 is 4.79 Å². The van der Waals surface area contributed by atoms with Crippen LogP contribution in [0.4, 0.5) is 0 Å². The molecule has 0 bridgehead atoms. The molecule has 0 aromatic heterocycles. The van der Waals surface area contributed by atoms with E-state index in [1.54, 1.807) is 0 Å². The van der Waals surface area contributed by atoms with E-state index in [0.717, 1.165) is 19.3 Å². The van der Waals surface area contributed by atoms with E-state index in [-0.39, 0.29) is 11.4 Å². The molecule has 18 heavy (non-hydrogen) atoms. The van der Waals surface area contributed by atoms with Crippen LogP contribution in [0.1, 0.15) is 38.7 Å². The lowest BCUT2D eigenvalue weighted by Crippen LogP contribution is -2.43. The maximum absolute atomic E-state index is 11.7. The number of carbonyl (C=O) groups is 1. The van der Waals surface area contributed by atoms with E-state index in [4.69, 9.17) is 11.6 Å². The maximum Gasteiger partial charge on any atom is 0.220 e. The molecular weight excluding hydrogens is 246 g/mol. The van der Waals surface area contributed by atoms with Crippen LogP contribution in [0.2, 0.25) is 0 Å². The smallest absolute Gasteiger partial charge is 0.220 e. The van der Waals surface area contributed by atoms with Gasteiger partial charge in [0.1, 0.15) is 0 Å². The van der Waals surface area contributed by atoms with E-state index in [2.05, 4.69) is 31.3 Å². The van der Waals surface area contributed by atoms with E-state index in [1.165, 1.54) is 5.56 Å². The summed E-state index contributed by atoms with van der Waals surface area (Å²) >= 11 is 5.58. The van der Waals surface area contributed by atoms with Gasteiger partial charge in [0.05, 0.1) is 0 Å². The molecule has 0 saturated carbocycles. The number of alkyl halides is 1. The van der Waals surface area contributed by atoms with Gasteiger partial charge >= 0.3 is 0 Å². The Morgan fingerprint density at radius 2 is 1.94 bits per heavy atom. The predicted molar refractivity (Wildman–Crippen MR) is 76.9 cm³/mol. The molecule has 100 valence electrons. The Hall–Kier alpha value is -1.02. The molecule has 0 spiro atoms. The van der Waals surface area contributed by atoms with Gasteiger partial charge in [-0.15, -0.1) is 11.6 Å². The van der Waals surface area contributed by atoms with Gasteiger partial charge in [0, 0.05) is 17.8 Å². The highest BCUT2D eigenvalue weighted by atomic mass is 35.5. The number of halogens is 1. The summed E-state index contributed by atoms with van der Waals surface area (Å²) in [5.74, 6) is 0.631. The molecule has 0 fully saturated rings. The molecule has 0 atom stereocenters. The van der Waals surface area contributed by atoms with E-state index in [9.17, 15) is 4.79 Å².